The molecule has 2 nitrogen and oxygen atoms in total. The van der Waals surface area contributed by atoms with Crippen molar-refractivity contribution >= 4 is 0 Å². The molecule has 1 aromatic rings. The van der Waals surface area contributed by atoms with Crippen molar-refractivity contribution in [2.45, 2.75) is 52.2 Å². The molecule has 0 amide bonds. The van der Waals surface area contributed by atoms with Gasteiger partial charge in [0.15, 0.2) is 0 Å². The van der Waals surface area contributed by atoms with Gasteiger partial charge in [-0.3, -0.25) is 0 Å². The Hall–Kier alpha value is -0.860. The maximum atomic E-state index is 5.79. The molecule has 0 aliphatic heterocycles. The molecular weight excluding hydrogens is 210 g/mol. The summed E-state index contributed by atoms with van der Waals surface area (Å²) in [5.41, 5.74) is 8.57. The molecule has 0 heterocycles. The van der Waals surface area contributed by atoms with Crippen molar-refractivity contribution in [1.82, 2.24) is 0 Å². The second-order valence-electron chi connectivity index (χ2n) is 5.63. The Morgan fingerprint density at radius 3 is 2.24 bits per heavy atom. The number of benzene rings is 1. The molecule has 0 radical (unpaired) electrons. The fraction of sp³-hybridized carbons (Fsp3) is 0.600. The van der Waals surface area contributed by atoms with Gasteiger partial charge < -0.3 is 10.5 Å². The topological polar surface area (TPSA) is 35.2 Å². The lowest BCUT2D eigenvalue weighted by Crippen LogP contribution is -2.24. The molecule has 0 fully saturated rings. The SMILES string of the molecule is CC[C@@H](N)COCc1ccc(C(C)(C)C)cc1. The first-order valence-electron chi connectivity index (χ1n) is 6.36. The lowest BCUT2D eigenvalue weighted by Gasteiger charge is -2.19. The lowest BCUT2D eigenvalue weighted by molar-refractivity contribution is 0.107. The molecule has 2 N–H and O–H groups in total. The van der Waals surface area contributed by atoms with Crippen molar-refractivity contribution in [2.24, 2.45) is 5.73 Å². The quantitative estimate of drug-likeness (QED) is 0.850. The standard InChI is InChI=1S/C15H25NO/c1-5-14(16)11-17-10-12-6-8-13(9-7-12)15(2,3)4/h6-9,14H,5,10-11,16H2,1-4H3/t14-/m1/s1. The highest BCUT2D eigenvalue weighted by molar-refractivity contribution is 5.27. The second-order valence-corrected chi connectivity index (χ2v) is 5.63. The molecule has 0 spiro atoms. The Bertz CT molecular complexity index is 324. The molecule has 17 heavy (non-hydrogen) atoms. The van der Waals surface area contributed by atoms with E-state index in [0.29, 0.717) is 13.2 Å². The van der Waals surface area contributed by atoms with Crippen LogP contribution >= 0.6 is 0 Å². The number of hydrogen-bond acceptors (Lipinski definition) is 2. The molecule has 0 aromatic heterocycles. The van der Waals surface area contributed by atoms with Gasteiger partial charge in [-0.25, -0.2) is 0 Å². The fourth-order valence-electron chi connectivity index (χ4n) is 1.55. The van der Waals surface area contributed by atoms with Crippen molar-refractivity contribution in [1.29, 1.82) is 0 Å². The van der Waals surface area contributed by atoms with Crippen LogP contribution in [0.25, 0.3) is 0 Å². The summed E-state index contributed by atoms with van der Waals surface area (Å²) >= 11 is 0. The van der Waals surface area contributed by atoms with E-state index in [4.69, 9.17) is 10.5 Å². The van der Waals surface area contributed by atoms with Crippen LogP contribution in [0, 0.1) is 0 Å². The summed E-state index contributed by atoms with van der Waals surface area (Å²) < 4.78 is 5.57. The van der Waals surface area contributed by atoms with E-state index in [1.54, 1.807) is 0 Å². The van der Waals surface area contributed by atoms with Gasteiger partial charge in [0.25, 0.3) is 0 Å². The summed E-state index contributed by atoms with van der Waals surface area (Å²) in [6.07, 6.45) is 0.961. The summed E-state index contributed by atoms with van der Waals surface area (Å²) in [5.74, 6) is 0. The number of ether oxygens (including phenoxy) is 1. The van der Waals surface area contributed by atoms with Crippen LogP contribution in [0.3, 0.4) is 0 Å². The first-order chi connectivity index (χ1) is 7.93. The van der Waals surface area contributed by atoms with Crippen molar-refractivity contribution in [3.05, 3.63) is 35.4 Å². The van der Waals surface area contributed by atoms with Gasteiger partial charge in [-0.2, -0.15) is 0 Å². The van der Waals surface area contributed by atoms with Crippen molar-refractivity contribution < 1.29 is 4.74 Å². The number of nitrogens with two attached hydrogens (primary N) is 1. The van der Waals surface area contributed by atoms with Crippen molar-refractivity contribution in [2.75, 3.05) is 6.61 Å². The maximum absolute atomic E-state index is 5.79. The highest BCUT2D eigenvalue weighted by atomic mass is 16.5. The van der Waals surface area contributed by atoms with E-state index in [2.05, 4.69) is 52.0 Å². The highest BCUT2D eigenvalue weighted by Gasteiger charge is 2.12. The summed E-state index contributed by atoms with van der Waals surface area (Å²) in [6.45, 7) is 10.0. The van der Waals surface area contributed by atoms with Crippen LogP contribution in [0.5, 0.6) is 0 Å². The van der Waals surface area contributed by atoms with Crippen LogP contribution < -0.4 is 5.73 Å². The first kappa shape index (κ1) is 14.2. The van der Waals surface area contributed by atoms with Gasteiger partial charge in [-0.05, 0) is 23.0 Å². The molecule has 0 aliphatic rings. The molecule has 1 aromatic carbocycles. The average molecular weight is 235 g/mol. The van der Waals surface area contributed by atoms with Gasteiger partial charge in [-0.15, -0.1) is 0 Å². The maximum Gasteiger partial charge on any atom is 0.0717 e. The Labute approximate surface area is 105 Å². The molecule has 0 saturated carbocycles. The van der Waals surface area contributed by atoms with Gasteiger partial charge in [-0.1, -0.05) is 52.0 Å². The minimum Gasteiger partial charge on any atom is -0.375 e. The zero-order valence-corrected chi connectivity index (χ0v) is 11.5. The molecule has 0 saturated heterocycles. The van der Waals surface area contributed by atoms with E-state index in [1.165, 1.54) is 11.1 Å². The third kappa shape index (κ3) is 4.88. The van der Waals surface area contributed by atoms with Gasteiger partial charge in [0.05, 0.1) is 13.2 Å². The smallest absolute Gasteiger partial charge is 0.0717 e. The van der Waals surface area contributed by atoms with Crippen LogP contribution in [0.2, 0.25) is 0 Å². The fourth-order valence-corrected chi connectivity index (χ4v) is 1.55. The van der Waals surface area contributed by atoms with E-state index >= 15 is 0 Å². The molecule has 0 aliphatic carbocycles. The largest absolute Gasteiger partial charge is 0.375 e. The van der Waals surface area contributed by atoms with Crippen molar-refractivity contribution in [3.63, 3.8) is 0 Å². The molecule has 0 unspecified atom stereocenters. The zero-order valence-electron chi connectivity index (χ0n) is 11.5. The van der Waals surface area contributed by atoms with Gasteiger partial charge in [0.2, 0.25) is 0 Å². The highest BCUT2D eigenvalue weighted by Crippen LogP contribution is 2.22. The summed E-state index contributed by atoms with van der Waals surface area (Å²) in [7, 11) is 0. The number of rotatable bonds is 5. The first-order valence-corrected chi connectivity index (χ1v) is 6.36. The average Bonchev–Trinajstić information content (AvgIpc) is 2.28. The van der Waals surface area contributed by atoms with E-state index < -0.39 is 0 Å². The Morgan fingerprint density at radius 1 is 1.18 bits per heavy atom. The third-order valence-electron chi connectivity index (χ3n) is 2.94. The van der Waals surface area contributed by atoms with Crippen LogP contribution in [-0.2, 0) is 16.8 Å². The molecule has 96 valence electrons. The molecule has 1 rings (SSSR count). The monoisotopic (exact) mass is 235 g/mol. The molecule has 0 bridgehead atoms. The van der Waals surface area contributed by atoms with Crippen LogP contribution in [-0.4, -0.2) is 12.6 Å². The van der Waals surface area contributed by atoms with E-state index in [1.807, 2.05) is 0 Å². The van der Waals surface area contributed by atoms with Crippen LogP contribution in [0.15, 0.2) is 24.3 Å². The van der Waals surface area contributed by atoms with Gasteiger partial charge in [0, 0.05) is 6.04 Å². The second kappa shape index (κ2) is 6.18. The third-order valence-corrected chi connectivity index (χ3v) is 2.94. The van der Waals surface area contributed by atoms with E-state index in [9.17, 15) is 0 Å². The molecule has 2 heteroatoms. The number of hydrogen-bond donors (Lipinski definition) is 1. The minimum absolute atomic E-state index is 0.156. The lowest BCUT2D eigenvalue weighted by atomic mass is 9.87. The predicted octanol–water partition coefficient (Wildman–Crippen LogP) is 3.24. The Kier molecular flexibility index (Phi) is 5.16. The van der Waals surface area contributed by atoms with Gasteiger partial charge >= 0.3 is 0 Å². The molecule has 1 atom stereocenters. The minimum atomic E-state index is 0.156. The Morgan fingerprint density at radius 2 is 1.76 bits per heavy atom. The van der Waals surface area contributed by atoms with Gasteiger partial charge in [0.1, 0.15) is 0 Å². The molecular formula is C15H25NO. The van der Waals surface area contributed by atoms with E-state index in [0.717, 1.165) is 6.42 Å². The predicted molar refractivity (Wildman–Crippen MR) is 73.1 cm³/mol. The summed E-state index contributed by atoms with van der Waals surface area (Å²) in [5, 5.41) is 0. The van der Waals surface area contributed by atoms with Crippen LogP contribution in [0.4, 0.5) is 0 Å². The zero-order chi connectivity index (χ0) is 12.9. The Balaban J connectivity index is 2.46. The van der Waals surface area contributed by atoms with Crippen molar-refractivity contribution in [3.8, 4) is 0 Å². The summed E-state index contributed by atoms with van der Waals surface area (Å²) in [6, 6.07) is 8.79. The normalized spacial score (nSPS) is 13.7. The van der Waals surface area contributed by atoms with E-state index in [-0.39, 0.29) is 11.5 Å². The van der Waals surface area contributed by atoms with Crippen LogP contribution in [0.1, 0.15) is 45.2 Å². The summed E-state index contributed by atoms with van der Waals surface area (Å²) in [4.78, 5) is 0.